The third-order valence-corrected chi connectivity index (χ3v) is 13.8. The van der Waals surface area contributed by atoms with Crippen LogP contribution in [0.5, 0.6) is 5.75 Å². The number of nitrogens with one attached hydrogen (secondary N) is 2. The SMILES string of the molecule is O=S(=O)(O)OCCS(=O)(=O)c1ccc(N=Nc2c(S(=O)(=O)O)cc3cc(S(=O)(=O)O)cc(Nc4nc(Cl)nc(Nc5ccc(S(=O)(=O)CCOS(=O)(=O)O)cc5)n4)c3c2O)cc1. The van der Waals surface area contributed by atoms with Crippen LogP contribution in [0.3, 0.4) is 0 Å². The highest BCUT2D eigenvalue weighted by Crippen LogP contribution is 2.45. The number of fused-ring (bicyclic) bond motifs is 1. The molecule has 1 heterocycles. The van der Waals surface area contributed by atoms with E-state index in [2.05, 4.69) is 44.2 Å². The maximum Gasteiger partial charge on any atom is 0.397 e. The van der Waals surface area contributed by atoms with E-state index in [9.17, 15) is 64.7 Å². The fourth-order valence-electron chi connectivity index (χ4n) is 5.02. The lowest BCUT2D eigenvalue weighted by molar-refractivity contribution is 0.282. The van der Waals surface area contributed by atoms with Crippen molar-refractivity contribution >= 4 is 118 Å². The highest BCUT2D eigenvalue weighted by atomic mass is 35.5. The quantitative estimate of drug-likeness (QED) is 0.0490. The number of nitrogens with zero attached hydrogens (tertiary/aromatic N) is 5. The number of aromatic hydroxyl groups is 1. The van der Waals surface area contributed by atoms with E-state index in [1.807, 2.05) is 0 Å². The first-order valence-corrected chi connectivity index (χ1v) is 25.4. The Morgan fingerprint density at radius 1 is 0.597 bits per heavy atom. The second-order valence-corrected chi connectivity index (χ2v) is 21.5. The fraction of sp³-hybridized carbons (Fsp3) is 0.138. The van der Waals surface area contributed by atoms with Crippen LogP contribution in [0, 0.1) is 0 Å². The Morgan fingerprint density at radius 2 is 1.10 bits per heavy atom. The Kier molecular flexibility index (Phi) is 13.9. The number of phenolic OH excluding ortho intramolecular Hbond substituents is 1. The number of benzene rings is 4. The molecule has 334 valence electrons. The van der Waals surface area contributed by atoms with Crippen molar-refractivity contribution in [1.29, 1.82) is 0 Å². The van der Waals surface area contributed by atoms with Gasteiger partial charge in [0.25, 0.3) is 20.2 Å². The summed E-state index contributed by atoms with van der Waals surface area (Å²) in [6.07, 6.45) is 0. The predicted molar refractivity (Wildman–Crippen MR) is 213 cm³/mol. The molecule has 62 heavy (non-hydrogen) atoms. The number of azo groups is 1. The Bertz CT molecular complexity index is 3290. The molecule has 0 unspecified atom stereocenters. The average Bonchev–Trinajstić information content (AvgIpc) is 3.12. The summed E-state index contributed by atoms with van der Waals surface area (Å²) < 4.78 is 188. The van der Waals surface area contributed by atoms with Crippen LogP contribution in [0.2, 0.25) is 5.28 Å². The van der Waals surface area contributed by atoms with Crippen molar-refractivity contribution in [3.05, 3.63) is 72.0 Å². The minimum atomic E-state index is -5.31. The zero-order chi connectivity index (χ0) is 46.1. The number of halogens is 1. The summed E-state index contributed by atoms with van der Waals surface area (Å²) in [5.41, 5.74) is -1.41. The van der Waals surface area contributed by atoms with Gasteiger partial charge in [-0.2, -0.15) is 53.7 Å². The van der Waals surface area contributed by atoms with Crippen LogP contribution in [0.4, 0.5) is 34.6 Å². The molecule has 0 spiro atoms. The standard InChI is InChI=1S/C29H26ClN7O19S6/c30-27-33-28(31-17-1-5-19(6-2-17)57(39,40)11-9-55-61(49,50)51)35-29(34-27)32-22-15-21(59(43,44)45)13-16-14-23(60(46,47)48)25(26(38)24(16)22)37-36-18-3-7-20(8-4-18)58(41,42)12-10-56-62(52,53)54/h1-8,13-15,38H,9-12H2,(H,43,44,45)(H,46,47,48)(H,49,50,51)(H,52,53,54)(H2,31,32,33,34,35). The largest absolute Gasteiger partial charge is 0.505 e. The lowest BCUT2D eigenvalue weighted by Gasteiger charge is -2.15. The van der Waals surface area contributed by atoms with Crippen molar-refractivity contribution in [3.8, 4) is 5.75 Å². The summed E-state index contributed by atoms with van der Waals surface area (Å²) in [6, 6.07) is 11.0. The van der Waals surface area contributed by atoms with Gasteiger partial charge in [0.15, 0.2) is 25.4 Å². The van der Waals surface area contributed by atoms with Gasteiger partial charge in [-0.3, -0.25) is 18.2 Å². The predicted octanol–water partition coefficient (Wildman–Crippen LogP) is 2.97. The smallest absolute Gasteiger partial charge is 0.397 e. The van der Waals surface area contributed by atoms with E-state index in [4.69, 9.17) is 20.7 Å². The molecular formula is C29H26ClN7O19S6. The van der Waals surface area contributed by atoms with Gasteiger partial charge >= 0.3 is 20.8 Å². The summed E-state index contributed by atoms with van der Waals surface area (Å²) in [7, 11) is -28.4. The van der Waals surface area contributed by atoms with Crippen molar-refractivity contribution in [1.82, 2.24) is 15.0 Å². The topological polar surface area (TPSA) is 412 Å². The van der Waals surface area contributed by atoms with E-state index >= 15 is 0 Å². The fourth-order valence-corrected chi connectivity index (χ4v) is 9.36. The normalized spacial score (nSPS) is 13.1. The molecule has 0 aliphatic carbocycles. The monoisotopic (exact) mass is 1000 g/mol. The number of phenols is 1. The molecule has 0 atom stereocenters. The summed E-state index contributed by atoms with van der Waals surface area (Å²) in [5.74, 6) is -3.56. The van der Waals surface area contributed by atoms with Gasteiger partial charge in [-0.05, 0) is 83.7 Å². The number of rotatable bonds is 18. The Labute approximate surface area is 355 Å². The third-order valence-electron chi connectivity index (χ3n) is 7.65. The molecule has 0 bridgehead atoms. The average molecular weight is 1000 g/mol. The van der Waals surface area contributed by atoms with E-state index in [0.717, 1.165) is 48.5 Å². The van der Waals surface area contributed by atoms with Crippen molar-refractivity contribution in [2.45, 2.75) is 19.6 Å². The molecular weight excluding hydrogens is 978 g/mol. The molecule has 0 saturated heterocycles. The molecule has 0 amide bonds. The van der Waals surface area contributed by atoms with Crippen molar-refractivity contribution in [2.24, 2.45) is 10.2 Å². The number of anilines is 4. The molecule has 5 aromatic rings. The highest BCUT2D eigenvalue weighted by Gasteiger charge is 2.26. The number of aromatic nitrogens is 3. The Balaban J connectivity index is 1.51. The minimum Gasteiger partial charge on any atom is -0.505 e. The molecule has 1 aromatic heterocycles. The van der Waals surface area contributed by atoms with Gasteiger partial charge in [-0.15, -0.1) is 5.11 Å². The van der Waals surface area contributed by atoms with Crippen LogP contribution >= 0.6 is 11.6 Å². The molecule has 0 saturated carbocycles. The van der Waals surface area contributed by atoms with Gasteiger partial charge in [0.05, 0.1) is 50.8 Å². The summed E-state index contributed by atoms with van der Waals surface area (Å²) in [4.78, 5) is 9.23. The first-order valence-electron chi connectivity index (χ1n) is 16.1. The second kappa shape index (κ2) is 17.9. The van der Waals surface area contributed by atoms with Gasteiger partial charge in [-0.25, -0.2) is 25.2 Å². The lowest BCUT2D eigenvalue weighted by atomic mass is 10.1. The van der Waals surface area contributed by atoms with E-state index in [1.165, 1.54) is 12.1 Å². The molecule has 7 N–H and O–H groups in total. The van der Waals surface area contributed by atoms with Crippen LogP contribution in [-0.2, 0) is 69.1 Å². The molecule has 0 radical (unpaired) electrons. The van der Waals surface area contributed by atoms with Gasteiger partial charge in [0, 0.05) is 11.1 Å². The van der Waals surface area contributed by atoms with Crippen LogP contribution in [-0.4, -0.2) is 113 Å². The second-order valence-electron chi connectivity index (χ2n) is 11.9. The summed E-state index contributed by atoms with van der Waals surface area (Å²) >= 11 is 6.10. The maximum absolute atomic E-state index is 12.5. The zero-order valence-electron chi connectivity index (χ0n) is 30.2. The molecule has 0 aliphatic heterocycles. The summed E-state index contributed by atoms with van der Waals surface area (Å²) in [5, 5.41) is 22.8. The van der Waals surface area contributed by atoms with Crippen LogP contribution in [0.15, 0.2) is 96.5 Å². The zero-order valence-corrected chi connectivity index (χ0v) is 35.8. The first kappa shape index (κ1) is 47.9. The minimum absolute atomic E-state index is 0.150. The third kappa shape index (κ3) is 12.7. The number of hydrogen-bond donors (Lipinski definition) is 7. The van der Waals surface area contributed by atoms with Gasteiger partial charge in [0.1, 0.15) is 10.6 Å². The maximum atomic E-state index is 12.5. The molecule has 5 rings (SSSR count). The molecule has 0 fully saturated rings. The molecule has 0 aliphatic rings. The van der Waals surface area contributed by atoms with Gasteiger partial charge in [-0.1, -0.05) is 0 Å². The van der Waals surface area contributed by atoms with Crippen LogP contribution in [0.1, 0.15) is 0 Å². The van der Waals surface area contributed by atoms with Gasteiger partial charge < -0.3 is 15.7 Å². The molecule has 33 heteroatoms. The first-order chi connectivity index (χ1) is 28.5. The van der Waals surface area contributed by atoms with Crippen LogP contribution < -0.4 is 10.6 Å². The van der Waals surface area contributed by atoms with E-state index < -0.39 is 134 Å². The van der Waals surface area contributed by atoms with Gasteiger partial charge in [0.2, 0.25) is 17.2 Å². The Morgan fingerprint density at radius 3 is 1.58 bits per heavy atom. The lowest BCUT2D eigenvalue weighted by Crippen LogP contribution is -2.15. The Hall–Kier alpha value is -5.10. The highest BCUT2D eigenvalue weighted by molar-refractivity contribution is 7.91. The number of sulfone groups is 2. The van der Waals surface area contributed by atoms with Crippen molar-refractivity contribution < 1.29 is 82.2 Å². The van der Waals surface area contributed by atoms with Crippen molar-refractivity contribution in [3.63, 3.8) is 0 Å². The van der Waals surface area contributed by atoms with Crippen LogP contribution in [0.25, 0.3) is 10.8 Å². The summed E-state index contributed by atoms with van der Waals surface area (Å²) in [6.45, 7) is -1.79. The van der Waals surface area contributed by atoms with E-state index in [1.54, 1.807) is 0 Å². The number of hydrogen-bond acceptors (Lipinski definition) is 22. The molecule has 4 aromatic carbocycles. The van der Waals surface area contributed by atoms with Crippen molar-refractivity contribution in [2.75, 3.05) is 35.4 Å². The van der Waals surface area contributed by atoms with E-state index in [-0.39, 0.29) is 27.1 Å². The molecule has 26 nitrogen and oxygen atoms in total. The van der Waals surface area contributed by atoms with E-state index in [0.29, 0.717) is 6.07 Å².